The van der Waals surface area contributed by atoms with Crippen LogP contribution in [0, 0.1) is 5.92 Å². The number of carbonyl (C=O) groups excluding carboxylic acids is 1. The monoisotopic (exact) mass is 273 g/mol. The minimum absolute atomic E-state index is 0.0255. The van der Waals surface area contributed by atoms with E-state index in [0.29, 0.717) is 18.3 Å². The van der Waals surface area contributed by atoms with Crippen molar-refractivity contribution in [3.05, 3.63) is 58.0 Å². The maximum atomic E-state index is 11.0. The summed E-state index contributed by atoms with van der Waals surface area (Å²) in [6.07, 6.45) is 7.93. The van der Waals surface area contributed by atoms with Gasteiger partial charge in [0.15, 0.2) is 5.78 Å². The Labute approximate surface area is 120 Å². The molecule has 0 fully saturated rings. The van der Waals surface area contributed by atoms with Gasteiger partial charge in [-0.2, -0.15) is 0 Å². The summed E-state index contributed by atoms with van der Waals surface area (Å²) < 4.78 is 0. The highest BCUT2D eigenvalue weighted by Crippen LogP contribution is 2.15. The molecule has 0 bridgehead atoms. The van der Waals surface area contributed by atoms with Crippen LogP contribution in [-0.4, -0.2) is 10.8 Å². The van der Waals surface area contributed by atoms with Crippen molar-refractivity contribution in [2.24, 2.45) is 5.92 Å². The molecule has 1 aromatic rings. The molecule has 0 saturated heterocycles. The Morgan fingerprint density at radius 3 is 2.20 bits per heavy atom. The largest absolute Gasteiger partial charge is 0.329 e. The van der Waals surface area contributed by atoms with Crippen LogP contribution >= 0.6 is 0 Å². The van der Waals surface area contributed by atoms with Crippen molar-refractivity contribution in [2.75, 3.05) is 0 Å². The number of ketones is 1. The number of allylic oxidation sites excluding steroid dienone is 4. The number of aromatic nitrogens is 1. The van der Waals surface area contributed by atoms with Gasteiger partial charge in [-0.25, -0.2) is 0 Å². The zero-order valence-corrected chi connectivity index (χ0v) is 12.6. The molecule has 108 valence electrons. The molecule has 3 nitrogen and oxygen atoms in total. The Balaban J connectivity index is 0.000000200. The van der Waals surface area contributed by atoms with Crippen LogP contribution in [0.4, 0.5) is 0 Å². The molecule has 1 aliphatic carbocycles. The standard InChI is InChI=1S/C9H12O.C8H11NO/c1-7(2)8-4-3-5-9(10)6-8;1-6(2)7-4-3-5-9-8(7)10/h3-4,6-7H,5H2,1-2H3;3-6H,1-2H3,(H,9,10). The predicted molar refractivity (Wildman–Crippen MR) is 82.8 cm³/mol. The molecule has 0 radical (unpaired) electrons. The predicted octanol–water partition coefficient (Wildman–Crippen LogP) is 3.60. The molecule has 0 amide bonds. The van der Waals surface area contributed by atoms with Crippen LogP contribution in [0.3, 0.4) is 0 Å². The number of hydrogen-bond acceptors (Lipinski definition) is 2. The van der Waals surface area contributed by atoms with E-state index in [-0.39, 0.29) is 11.3 Å². The fraction of sp³-hybridized carbons (Fsp3) is 0.412. The average Bonchev–Trinajstić information content (AvgIpc) is 2.39. The van der Waals surface area contributed by atoms with Crippen LogP contribution in [0.15, 0.2) is 46.9 Å². The quantitative estimate of drug-likeness (QED) is 0.895. The number of hydrogen-bond donors (Lipinski definition) is 1. The third kappa shape index (κ3) is 5.00. The lowest BCUT2D eigenvalue weighted by atomic mass is 9.97. The molecule has 0 atom stereocenters. The molecule has 0 aromatic carbocycles. The molecule has 20 heavy (non-hydrogen) atoms. The highest BCUT2D eigenvalue weighted by molar-refractivity contribution is 5.93. The van der Waals surface area contributed by atoms with Crippen molar-refractivity contribution in [1.82, 2.24) is 4.98 Å². The van der Waals surface area contributed by atoms with Crippen LogP contribution in [0.25, 0.3) is 0 Å². The summed E-state index contributed by atoms with van der Waals surface area (Å²) in [4.78, 5) is 24.5. The maximum absolute atomic E-state index is 11.0. The Morgan fingerprint density at radius 1 is 1.10 bits per heavy atom. The van der Waals surface area contributed by atoms with E-state index < -0.39 is 0 Å². The Kier molecular flexibility index (Phi) is 6.16. The van der Waals surface area contributed by atoms with E-state index in [1.807, 2.05) is 38.1 Å². The van der Waals surface area contributed by atoms with Crippen LogP contribution in [0.2, 0.25) is 0 Å². The summed E-state index contributed by atoms with van der Waals surface area (Å²) in [5.41, 5.74) is 2.02. The zero-order chi connectivity index (χ0) is 15.1. The van der Waals surface area contributed by atoms with Gasteiger partial charge in [0.1, 0.15) is 0 Å². The second-order valence-electron chi connectivity index (χ2n) is 5.48. The zero-order valence-electron chi connectivity index (χ0n) is 12.6. The Hall–Kier alpha value is -1.90. The third-order valence-corrected chi connectivity index (χ3v) is 3.09. The number of H-pyrrole nitrogens is 1. The first-order valence-electron chi connectivity index (χ1n) is 7.00. The first kappa shape index (κ1) is 16.2. The smallest absolute Gasteiger partial charge is 0.251 e. The van der Waals surface area contributed by atoms with Gasteiger partial charge in [-0.3, -0.25) is 9.59 Å². The SMILES string of the molecule is CC(C)C1=CC(=O)CC=C1.CC(C)c1ccc[nH]c1=O. The minimum atomic E-state index is 0.0255. The van der Waals surface area contributed by atoms with Gasteiger partial charge in [0.25, 0.3) is 5.56 Å². The summed E-state index contributed by atoms with van der Waals surface area (Å²) >= 11 is 0. The molecular weight excluding hydrogens is 250 g/mol. The molecule has 0 unspecified atom stereocenters. The van der Waals surface area contributed by atoms with Gasteiger partial charge in [0, 0.05) is 18.2 Å². The summed E-state index contributed by atoms with van der Waals surface area (Å²) in [5, 5.41) is 0. The molecule has 1 heterocycles. The molecule has 3 heteroatoms. The van der Waals surface area contributed by atoms with Crippen LogP contribution in [-0.2, 0) is 4.79 Å². The second-order valence-corrected chi connectivity index (χ2v) is 5.48. The van der Waals surface area contributed by atoms with Gasteiger partial charge in [0.2, 0.25) is 0 Å². The maximum Gasteiger partial charge on any atom is 0.251 e. The van der Waals surface area contributed by atoms with E-state index in [4.69, 9.17) is 0 Å². The fourth-order valence-electron chi connectivity index (χ4n) is 1.85. The number of pyridine rings is 1. The Morgan fingerprint density at radius 2 is 1.80 bits per heavy atom. The fourth-order valence-corrected chi connectivity index (χ4v) is 1.85. The van der Waals surface area contributed by atoms with Crippen molar-refractivity contribution in [2.45, 2.75) is 40.0 Å². The highest BCUT2D eigenvalue weighted by Gasteiger charge is 2.06. The van der Waals surface area contributed by atoms with E-state index in [0.717, 1.165) is 11.1 Å². The molecular formula is C17H23NO2. The van der Waals surface area contributed by atoms with E-state index >= 15 is 0 Å². The van der Waals surface area contributed by atoms with Crippen LogP contribution in [0.5, 0.6) is 0 Å². The summed E-state index contributed by atoms with van der Waals surface area (Å²) in [7, 11) is 0. The normalized spacial score (nSPS) is 14.1. The van der Waals surface area contributed by atoms with E-state index in [1.54, 1.807) is 12.3 Å². The number of rotatable bonds is 2. The molecule has 1 aromatic heterocycles. The lowest BCUT2D eigenvalue weighted by Crippen LogP contribution is -2.11. The first-order chi connectivity index (χ1) is 9.41. The summed E-state index contributed by atoms with van der Waals surface area (Å²) in [6, 6.07) is 3.69. The second kappa shape index (κ2) is 7.63. The number of carbonyl (C=O) groups is 1. The van der Waals surface area contributed by atoms with Crippen molar-refractivity contribution in [3.63, 3.8) is 0 Å². The first-order valence-corrected chi connectivity index (χ1v) is 7.00. The molecule has 1 N–H and O–H groups in total. The van der Waals surface area contributed by atoms with Gasteiger partial charge < -0.3 is 4.98 Å². The Bertz CT molecular complexity index is 562. The van der Waals surface area contributed by atoms with Crippen molar-refractivity contribution >= 4 is 5.78 Å². The molecule has 2 rings (SSSR count). The van der Waals surface area contributed by atoms with Crippen molar-refractivity contribution < 1.29 is 4.79 Å². The van der Waals surface area contributed by atoms with Crippen LogP contribution < -0.4 is 5.56 Å². The number of nitrogens with one attached hydrogen (secondary N) is 1. The van der Waals surface area contributed by atoms with Gasteiger partial charge in [-0.1, -0.05) is 45.9 Å². The van der Waals surface area contributed by atoms with Gasteiger partial charge in [-0.05, 0) is 29.6 Å². The van der Waals surface area contributed by atoms with Gasteiger partial charge in [-0.15, -0.1) is 0 Å². The lowest BCUT2D eigenvalue weighted by Gasteiger charge is -2.08. The van der Waals surface area contributed by atoms with Gasteiger partial charge in [0.05, 0.1) is 0 Å². The van der Waals surface area contributed by atoms with Gasteiger partial charge >= 0.3 is 0 Å². The van der Waals surface area contributed by atoms with Crippen LogP contribution in [0.1, 0.15) is 45.6 Å². The minimum Gasteiger partial charge on any atom is -0.329 e. The van der Waals surface area contributed by atoms with E-state index in [9.17, 15) is 9.59 Å². The average molecular weight is 273 g/mol. The van der Waals surface area contributed by atoms with Crippen molar-refractivity contribution in [1.29, 1.82) is 0 Å². The molecule has 0 spiro atoms. The lowest BCUT2D eigenvalue weighted by molar-refractivity contribution is -0.114. The molecule has 0 aliphatic heterocycles. The molecule has 1 aliphatic rings. The summed E-state index contributed by atoms with van der Waals surface area (Å²) in [5.74, 6) is 1.01. The molecule has 0 saturated carbocycles. The third-order valence-electron chi connectivity index (χ3n) is 3.09. The highest BCUT2D eigenvalue weighted by atomic mass is 16.1. The topological polar surface area (TPSA) is 49.9 Å². The summed E-state index contributed by atoms with van der Waals surface area (Å²) in [6.45, 7) is 8.19. The van der Waals surface area contributed by atoms with Crippen molar-refractivity contribution in [3.8, 4) is 0 Å². The van der Waals surface area contributed by atoms with E-state index in [1.165, 1.54) is 0 Å². The van der Waals surface area contributed by atoms with E-state index in [2.05, 4.69) is 18.8 Å². The number of aromatic amines is 1.